The number of hydrogen-bond donors (Lipinski definition) is 0. The Morgan fingerprint density at radius 2 is 2.11 bits per heavy atom. The van der Waals surface area contributed by atoms with Gasteiger partial charge in [0.25, 0.3) is 0 Å². The predicted molar refractivity (Wildman–Crippen MR) is 71.8 cm³/mol. The number of halogens is 2. The Bertz CT molecular complexity index is 499. The topological polar surface area (TPSA) is 61.2 Å². The molecule has 1 aromatic rings. The molecule has 5 nitrogen and oxygen atoms in total. The Morgan fingerprint density at radius 3 is 2.61 bits per heavy atom. The van der Waals surface area contributed by atoms with Crippen molar-refractivity contribution in [2.45, 2.75) is 26.0 Å². The average Bonchev–Trinajstić information content (AvgIpc) is 2.63. The summed E-state index contributed by atoms with van der Waals surface area (Å²) in [4.78, 5) is 0. The van der Waals surface area contributed by atoms with Crippen LogP contribution in [-0.4, -0.2) is 36.8 Å². The first-order chi connectivity index (χ1) is 8.45. The number of alkyl halides is 1. The van der Waals surface area contributed by atoms with Gasteiger partial charge in [-0.2, -0.15) is 5.10 Å². The van der Waals surface area contributed by atoms with E-state index in [1.165, 1.54) is 4.68 Å². The number of methoxy groups -OCH3 is 1. The van der Waals surface area contributed by atoms with Gasteiger partial charge >= 0.3 is 0 Å². The van der Waals surface area contributed by atoms with E-state index in [-0.39, 0.29) is 23.9 Å². The van der Waals surface area contributed by atoms with Gasteiger partial charge in [0.15, 0.2) is 9.84 Å². The van der Waals surface area contributed by atoms with Crippen molar-refractivity contribution < 1.29 is 13.2 Å². The summed E-state index contributed by atoms with van der Waals surface area (Å²) in [7, 11) is -1.49. The predicted octanol–water partition coefficient (Wildman–Crippen LogP) is 1.86. The highest BCUT2D eigenvalue weighted by Gasteiger charge is 2.17. The van der Waals surface area contributed by atoms with Crippen LogP contribution < -0.4 is 0 Å². The summed E-state index contributed by atoms with van der Waals surface area (Å²) in [6.45, 7) is 2.14. The van der Waals surface area contributed by atoms with Gasteiger partial charge in [-0.3, -0.25) is 4.68 Å². The Balaban J connectivity index is 2.90. The second-order valence-corrected chi connectivity index (χ2v) is 6.84. The molecule has 0 aromatic carbocycles. The number of nitrogens with zero attached hydrogens (tertiary/aromatic N) is 2. The molecule has 0 radical (unpaired) electrons. The summed E-state index contributed by atoms with van der Waals surface area (Å²) < 4.78 is 29.3. The highest BCUT2D eigenvalue weighted by molar-refractivity contribution is 7.91. The van der Waals surface area contributed by atoms with Gasteiger partial charge in [-0.25, -0.2) is 8.42 Å². The number of ether oxygens (including phenoxy) is 1. The fourth-order valence-electron chi connectivity index (χ4n) is 1.43. The lowest BCUT2D eigenvalue weighted by Gasteiger charge is -2.03. The maximum atomic E-state index is 11.4. The molecule has 104 valence electrons. The van der Waals surface area contributed by atoms with E-state index in [2.05, 4.69) is 5.10 Å². The van der Waals surface area contributed by atoms with Crippen molar-refractivity contribution in [3.8, 4) is 0 Å². The molecule has 0 saturated heterocycles. The van der Waals surface area contributed by atoms with E-state index in [1.807, 2.05) is 0 Å². The quantitative estimate of drug-likeness (QED) is 0.721. The molecule has 0 bridgehead atoms. The van der Waals surface area contributed by atoms with E-state index in [0.29, 0.717) is 23.0 Å². The van der Waals surface area contributed by atoms with Crippen molar-refractivity contribution in [3.63, 3.8) is 0 Å². The molecule has 8 heteroatoms. The lowest BCUT2D eigenvalue weighted by molar-refractivity contribution is 0.180. The maximum Gasteiger partial charge on any atom is 0.151 e. The first kappa shape index (κ1) is 15.8. The number of sulfone groups is 1. The fourth-order valence-corrected chi connectivity index (χ4v) is 2.82. The molecular formula is C10H16Cl2N2O3S. The Kier molecular flexibility index (Phi) is 5.91. The number of hydrogen-bond acceptors (Lipinski definition) is 4. The molecule has 1 rings (SSSR count). The number of rotatable bonds is 7. The minimum atomic E-state index is -3.04. The van der Waals surface area contributed by atoms with Gasteiger partial charge in [0.2, 0.25) is 0 Å². The van der Waals surface area contributed by atoms with E-state index < -0.39 is 9.84 Å². The highest BCUT2D eigenvalue weighted by Crippen LogP contribution is 2.22. The Hall–Kier alpha value is -0.300. The fraction of sp³-hybridized carbons (Fsp3) is 0.700. The molecule has 1 aromatic heterocycles. The van der Waals surface area contributed by atoms with Crippen LogP contribution in [0.3, 0.4) is 0 Å². The van der Waals surface area contributed by atoms with E-state index in [0.717, 1.165) is 0 Å². The number of aryl methyl sites for hydroxylation is 1. The van der Waals surface area contributed by atoms with Crippen molar-refractivity contribution in [2.75, 3.05) is 18.6 Å². The van der Waals surface area contributed by atoms with Gasteiger partial charge in [0.1, 0.15) is 5.15 Å². The van der Waals surface area contributed by atoms with Gasteiger partial charge in [-0.15, -0.1) is 11.6 Å². The zero-order valence-electron chi connectivity index (χ0n) is 10.3. The van der Waals surface area contributed by atoms with Crippen LogP contribution in [0.1, 0.15) is 18.2 Å². The van der Waals surface area contributed by atoms with E-state index in [1.54, 1.807) is 14.0 Å². The van der Waals surface area contributed by atoms with Crippen LogP contribution in [0.25, 0.3) is 0 Å². The molecule has 0 N–H and O–H groups in total. The maximum absolute atomic E-state index is 11.4. The largest absolute Gasteiger partial charge is 0.378 e. The highest BCUT2D eigenvalue weighted by atomic mass is 35.5. The second-order valence-electron chi connectivity index (χ2n) is 3.74. The van der Waals surface area contributed by atoms with Crippen molar-refractivity contribution in [2.24, 2.45) is 0 Å². The molecule has 0 amide bonds. The molecule has 0 aliphatic carbocycles. The normalized spacial score (nSPS) is 12.0. The van der Waals surface area contributed by atoms with E-state index in [4.69, 9.17) is 27.9 Å². The zero-order valence-corrected chi connectivity index (χ0v) is 12.6. The third-order valence-electron chi connectivity index (χ3n) is 2.53. The van der Waals surface area contributed by atoms with Crippen LogP contribution in [-0.2, 0) is 33.6 Å². The summed E-state index contributed by atoms with van der Waals surface area (Å²) in [6, 6.07) is 0. The molecular weight excluding hydrogens is 299 g/mol. The molecule has 0 unspecified atom stereocenters. The van der Waals surface area contributed by atoms with Crippen LogP contribution in [0.15, 0.2) is 0 Å². The summed E-state index contributed by atoms with van der Waals surface area (Å²) in [6.07, 6.45) is 0. The lowest BCUT2D eigenvalue weighted by Crippen LogP contribution is -2.15. The minimum absolute atomic E-state index is 0.0129. The van der Waals surface area contributed by atoms with Crippen LogP contribution in [0.5, 0.6) is 0 Å². The monoisotopic (exact) mass is 314 g/mol. The van der Waals surface area contributed by atoms with Gasteiger partial charge in [0, 0.05) is 18.4 Å². The molecule has 1 heterocycles. The molecule has 18 heavy (non-hydrogen) atoms. The minimum Gasteiger partial charge on any atom is -0.378 e. The first-order valence-corrected chi connectivity index (χ1v) is 8.18. The average molecular weight is 315 g/mol. The Morgan fingerprint density at radius 1 is 1.44 bits per heavy atom. The van der Waals surface area contributed by atoms with Crippen molar-refractivity contribution >= 4 is 33.0 Å². The summed E-state index contributed by atoms with van der Waals surface area (Å²) in [5, 5.41) is 4.60. The molecule has 0 aliphatic heterocycles. The SMILES string of the molecule is CCS(=O)(=O)CCn1nc(COC)c(CCl)c1Cl. The summed E-state index contributed by atoms with van der Waals surface area (Å²) in [5.74, 6) is 0.344. The molecule has 0 saturated carbocycles. The number of aromatic nitrogens is 2. The summed E-state index contributed by atoms with van der Waals surface area (Å²) in [5.41, 5.74) is 1.33. The van der Waals surface area contributed by atoms with Crippen LogP contribution in [0, 0.1) is 0 Å². The van der Waals surface area contributed by atoms with Crippen molar-refractivity contribution in [1.29, 1.82) is 0 Å². The smallest absolute Gasteiger partial charge is 0.151 e. The van der Waals surface area contributed by atoms with Crippen LogP contribution in [0.2, 0.25) is 5.15 Å². The van der Waals surface area contributed by atoms with Crippen LogP contribution in [0.4, 0.5) is 0 Å². The molecule has 0 aliphatic rings. The summed E-state index contributed by atoms with van der Waals surface area (Å²) >= 11 is 11.9. The molecule has 0 fully saturated rings. The van der Waals surface area contributed by atoms with Gasteiger partial charge in [-0.1, -0.05) is 18.5 Å². The van der Waals surface area contributed by atoms with Gasteiger partial charge < -0.3 is 4.74 Å². The van der Waals surface area contributed by atoms with Crippen molar-refractivity contribution in [3.05, 3.63) is 16.4 Å². The van der Waals surface area contributed by atoms with Gasteiger partial charge in [-0.05, 0) is 0 Å². The molecule has 0 spiro atoms. The van der Waals surface area contributed by atoms with Crippen molar-refractivity contribution in [1.82, 2.24) is 9.78 Å². The third-order valence-corrected chi connectivity index (χ3v) is 4.91. The third kappa shape index (κ3) is 3.85. The van der Waals surface area contributed by atoms with E-state index in [9.17, 15) is 8.42 Å². The van der Waals surface area contributed by atoms with Crippen LogP contribution >= 0.6 is 23.2 Å². The lowest BCUT2D eigenvalue weighted by atomic mass is 10.3. The first-order valence-electron chi connectivity index (χ1n) is 5.44. The molecule has 0 atom stereocenters. The standard InChI is InChI=1S/C10H16Cl2N2O3S/c1-3-18(15,16)5-4-14-10(12)8(6-11)9(13-14)7-17-2/h3-7H2,1-2H3. The zero-order chi connectivity index (χ0) is 13.8. The Labute approximate surface area is 117 Å². The van der Waals surface area contributed by atoms with E-state index >= 15 is 0 Å². The second kappa shape index (κ2) is 6.75. The van der Waals surface area contributed by atoms with Gasteiger partial charge in [0.05, 0.1) is 30.5 Å².